The van der Waals surface area contributed by atoms with Gasteiger partial charge in [0.25, 0.3) is 0 Å². The van der Waals surface area contributed by atoms with E-state index >= 15 is 0 Å². The number of hydrogen-bond donors (Lipinski definition) is 1. The topological polar surface area (TPSA) is 50.2 Å². The molecule has 11 nitrogen and oxygen atoms in total. The van der Waals surface area contributed by atoms with E-state index in [1.54, 1.807) is 0 Å². The van der Waals surface area contributed by atoms with E-state index in [0.717, 1.165) is 74.1 Å². The number of morpholine rings is 1. The summed E-state index contributed by atoms with van der Waals surface area (Å²) in [6.07, 6.45) is 17.0. The van der Waals surface area contributed by atoms with Crippen LogP contribution in [-0.2, 0) is 4.74 Å². The molecule has 0 aromatic rings. The quantitative estimate of drug-likeness (QED) is 0.192. The first kappa shape index (κ1) is 61.6. The third-order valence-corrected chi connectivity index (χ3v) is 16.9. The molecule has 8 unspecified atom stereocenters. The summed E-state index contributed by atoms with van der Waals surface area (Å²) >= 11 is 0. The van der Waals surface area contributed by atoms with Gasteiger partial charge in [-0.15, -0.1) is 0 Å². The van der Waals surface area contributed by atoms with Crippen molar-refractivity contribution in [2.75, 3.05) is 168 Å². The van der Waals surface area contributed by atoms with Crippen molar-refractivity contribution in [3.05, 3.63) is 11.6 Å². The van der Waals surface area contributed by atoms with E-state index in [9.17, 15) is 0 Å². The second-order valence-corrected chi connectivity index (χ2v) is 25.1. The molecule has 68 heavy (non-hydrogen) atoms. The van der Waals surface area contributed by atoms with Gasteiger partial charge in [0.05, 0.1) is 12.7 Å². The van der Waals surface area contributed by atoms with Crippen LogP contribution in [0.3, 0.4) is 0 Å². The molecule has 12 fully saturated rings. The number of ether oxygens (including phenoxy) is 1. The molecule has 4 bridgehead atoms. The Hall–Kier alpha value is -0.700. The molecule has 1 N–H and O–H groups in total. The van der Waals surface area contributed by atoms with Gasteiger partial charge in [-0.05, 0) is 198 Å². The maximum Gasteiger partial charge on any atom is 0.0674 e. The molecule has 8 atom stereocenters. The monoisotopic (exact) mass is 959 g/mol. The zero-order valence-corrected chi connectivity index (χ0v) is 48.7. The van der Waals surface area contributed by atoms with E-state index < -0.39 is 0 Å². The second-order valence-electron chi connectivity index (χ2n) is 25.1. The van der Waals surface area contributed by atoms with Crippen molar-refractivity contribution in [2.24, 2.45) is 29.1 Å². The smallest absolute Gasteiger partial charge is 0.0674 e. The van der Waals surface area contributed by atoms with Gasteiger partial charge in [-0.2, -0.15) is 0 Å². The standard InChI is InChI=1S/C9H17N.C7H13N.C7H15N.C7H13N.C6H14N2.C6H13NO.C6H13N.C5H11N.C4H9N/c1-9-5-3-8(4-6-9)10(2)7-9;1-5-6-3-4-7(5)8(6)2;2*1-7-4-3-5-8(2)6-7;1-6-5-8(2)4-3-7-6;1-6-5-7(2)3-4-8-6;1-6-3-4-7(2)5-6;1-5-3-6(2)4-5;1-4-3-5(4)2/h8H,3-7H2,1-2H3;5-7H,3-4H2,1-2H3;7H,3-6H2,1-2H3;4H,3,5-6H2,1-2H3;6-7H,3-5H2,1-2H3;6H,3-5H2,1-2H3;6H,3-5H2,1-2H3;5H,3-4H2,1-2H3;4H,3H2,1-2H3. The van der Waals surface area contributed by atoms with Crippen molar-refractivity contribution in [3.63, 3.8) is 0 Å². The Morgan fingerprint density at radius 1 is 0.559 bits per heavy atom. The van der Waals surface area contributed by atoms with Crippen LogP contribution in [0.1, 0.15) is 127 Å². The van der Waals surface area contributed by atoms with Crippen molar-refractivity contribution in [1.29, 1.82) is 0 Å². The molecule has 402 valence electrons. The molecule has 0 aromatic carbocycles. The predicted molar refractivity (Wildman–Crippen MR) is 296 cm³/mol. The molecule has 0 aromatic heterocycles. The number of likely N-dealkylation sites (tertiary alicyclic amines) is 3. The summed E-state index contributed by atoms with van der Waals surface area (Å²) < 4.78 is 5.31. The number of hydrogen-bond acceptors (Lipinski definition) is 11. The molecule has 11 heteroatoms. The Kier molecular flexibility index (Phi) is 28.8. The van der Waals surface area contributed by atoms with Crippen LogP contribution >= 0.6 is 0 Å². The van der Waals surface area contributed by atoms with Crippen molar-refractivity contribution < 1.29 is 4.74 Å². The third kappa shape index (κ3) is 24.8. The van der Waals surface area contributed by atoms with Crippen LogP contribution in [0, 0.1) is 29.1 Å². The molecule has 13 rings (SSSR count). The van der Waals surface area contributed by atoms with E-state index in [2.05, 4.69) is 181 Å². The molecule has 11 aliphatic heterocycles. The predicted octanol–water partition coefficient (Wildman–Crippen LogP) is 7.69. The van der Waals surface area contributed by atoms with Crippen molar-refractivity contribution in [2.45, 2.75) is 163 Å². The molecular formula is C57H118N10O. The zero-order chi connectivity index (χ0) is 50.6. The first-order valence-electron chi connectivity index (χ1n) is 28.3. The summed E-state index contributed by atoms with van der Waals surface area (Å²) in [5, 5.41) is 3.37. The highest BCUT2D eigenvalue weighted by Gasteiger charge is 2.48. The lowest BCUT2D eigenvalue weighted by molar-refractivity contribution is -0.00861. The van der Waals surface area contributed by atoms with Gasteiger partial charge in [0.2, 0.25) is 0 Å². The SMILES string of the molecule is CC1=CCCN(C)C1.CC1C2CCC1N2C.CC1CCCN(C)C1.CC1CCN(C)C1.CC1CN(C)C1.CC1CN(C)CCN1.CC1CN(C)CCO1.CC1CN1C.CN1CC2(C)CCC1CC2. The van der Waals surface area contributed by atoms with E-state index in [4.69, 9.17) is 4.74 Å². The average Bonchev–Trinajstić information content (AvgIpc) is 3.57. The van der Waals surface area contributed by atoms with Gasteiger partial charge in [0, 0.05) is 115 Å². The van der Waals surface area contributed by atoms with Crippen molar-refractivity contribution >= 4 is 0 Å². The van der Waals surface area contributed by atoms with Crippen LogP contribution in [0.4, 0.5) is 0 Å². The van der Waals surface area contributed by atoms with Crippen LogP contribution in [0.5, 0.6) is 0 Å². The average molecular weight is 960 g/mol. The third-order valence-electron chi connectivity index (χ3n) is 16.9. The highest BCUT2D eigenvalue weighted by molar-refractivity contribution is 5.04. The first-order valence-corrected chi connectivity index (χ1v) is 28.3. The molecular weight excluding hydrogens is 841 g/mol. The lowest BCUT2D eigenvalue weighted by Crippen LogP contribution is -2.53. The minimum Gasteiger partial charge on any atom is -0.376 e. The lowest BCUT2D eigenvalue weighted by Gasteiger charge is -2.50. The molecule has 0 spiro atoms. The minimum absolute atomic E-state index is 0.439. The molecule has 0 radical (unpaired) electrons. The molecule has 2 aliphatic carbocycles. The van der Waals surface area contributed by atoms with Gasteiger partial charge < -0.3 is 49.3 Å². The number of piperidine rings is 3. The highest BCUT2D eigenvalue weighted by Crippen LogP contribution is 2.44. The molecule has 10 saturated heterocycles. The number of rotatable bonds is 0. The Labute approximate surface area is 424 Å². The minimum atomic E-state index is 0.439. The zero-order valence-electron chi connectivity index (χ0n) is 48.7. The largest absolute Gasteiger partial charge is 0.376 e. The van der Waals surface area contributed by atoms with Crippen LogP contribution in [0.2, 0.25) is 0 Å². The van der Waals surface area contributed by atoms with E-state index in [0.29, 0.717) is 17.6 Å². The Bertz CT molecular complexity index is 1230. The normalized spacial score (nSPS) is 37.3. The molecule has 2 saturated carbocycles. The maximum atomic E-state index is 5.31. The number of likely N-dealkylation sites (N-methyl/N-ethyl adjacent to an activating group) is 4. The first-order chi connectivity index (χ1) is 32.0. The summed E-state index contributed by atoms with van der Waals surface area (Å²) in [5.41, 5.74) is 2.20. The Morgan fingerprint density at radius 2 is 1.10 bits per heavy atom. The van der Waals surface area contributed by atoms with Crippen LogP contribution in [0.15, 0.2) is 11.6 Å². The van der Waals surface area contributed by atoms with E-state index in [1.807, 2.05) is 0 Å². The summed E-state index contributed by atoms with van der Waals surface area (Å²) in [4.78, 5) is 21.5. The second kappa shape index (κ2) is 31.8. The van der Waals surface area contributed by atoms with Crippen LogP contribution in [-0.4, -0.2) is 249 Å². The number of piperazine rings is 1. The van der Waals surface area contributed by atoms with Gasteiger partial charge >= 0.3 is 0 Å². The number of fused-ring (bicyclic) bond motifs is 4. The fourth-order valence-electron chi connectivity index (χ4n) is 12.2. The summed E-state index contributed by atoms with van der Waals surface area (Å²) in [6.45, 7) is 40.0. The number of nitrogens with one attached hydrogen (secondary N) is 1. The van der Waals surface area contributed by atoms with Gasteiger partial charge in [-0.3, -0.25) is 4.90 Å². The molecule has 13 aliphatic rings. The maximum absolute atomic E-state index is 5.31. The van der Waals surface area contributed by atoms with Gasteiger partial charge in [0.15, 0.2) is 0 Å². The summed E-state index contributed by atoms with van der Waals surface area (Å²) in [5.74, 6) is 3.87. The van der Waals surface area contributed by atoms with Crippen molar-refractivity contribution in [3.8, 4) is 0 Å². The fraction of sp³-hybridized carbons (Fsp3) is 0.965. The van der Waals surface area contributed by atoms with Crippen molar-refractivity contribution in [1.82, 2.24) is 49.4 Å². The summed E-state index contributed by atoms with van der Waals surface area (Å²) in [6, 6.07) is 4.42. The van der Waals surface area contributed by atoms with E-state index in [-0.39, 0.29) is 0 Å². The molecule has 11 heterocycles. The Morgan fingerprint density at radius 3 is 1.35 bits per heavy atom. The van der Waals surface area contributed by atoms with Crippen LogP contribution < -0.4 is 5.32 Å². The summed E-state index contributed by atoms with van der Waals surface area (Å²) in [7, 11) is 19.7. The molecule has 0 amide bonds. The highest BCUT2D eigenvalue weighted by atomic mass is 16.5. The Balaban J connectivity index is 0.000000204. The van der Waals surface area contributed by atoms with Gasteiger partial charge in [-0.1, -0.05) is 46.3 Å². The fourth-order valence-corrected chi connectivity index (χ4v) is 12.2. The van der Waals surface area contributed by atoms with Crippen LogP contribution in [0.25, 0.3) is 0 Å². The van der Waals surface area contributed by atoms with E-state index in [1.165, 1.54) is 148 Å². The van der Waals surface area contributed by atoms with Gasteiger partial charge in [0.1, 0.15) is 0 Å². The van der Waals surface area contributed by atoms with Gasteiger partial charge in [-0.25, -0.2) is 0 Å². The lowest BCUT2D eigenvalue weighted by atomic mass is 9.69. The number of nitrogens with zero attached hydrogens (tertiary/aromatic N) is 9.